The van der Waals surface area contributed by atoms with Gasteiger partial charge in [-0.05, 0) is 45.4 Å². The molecule has 0 spiro atoms. The van der Waals surface area contributed by atoms with E-state index in [2.05, 4.69) is 31.2 Å². The Morgan fingerprint density at radius 1 is 0.706 bits per heavy atom. The van der Waals surface area contributed by atoms with Crippen LogP contribution in [-0.4, -0.2) is 0 Å². The quantitative estimate of drug-likeness (QED) is 0.282. The summed E-state index contributed by atoms with van der Waals surface area (Å²) in [4.78, 5) is 0. The van der Waals surface area contributed by atoms with Gasteiger partial charge in [-0.25, -0.2) is 0 Å². The third kappa shape index (κ3) is 15.5. The smallest absolute Gasteiger partial charge is 0.0169 e. The van der Waals surface area contributed by atoms with E-state index in [4.69, 9.17) is 6.92 Å². The van der Waals surface area contributed by atoms with Crippen LogP contribution in [0.3, 0.4) is 0 Å². The van der Waals surface area contributed by atoms with Gasteiger partial charge >= 0.3 is 0 Å². The van der Waals surface area contributed by atoms with Gasteiger partial charge in [0.1, 0.15) is 0 Å². The monoisotopic (exact) mass is 234 g/mol. The summed E-state index contributed by atoms with van der Waals surface area (Å²) in [5.74, 6) is 0. The van der Waals surface area contributed by atoms with Gasteiger partial charge in [0.25, 0.3) is 0 Å². The van der Waals surface area contributed by atoms with Crippen molar-refractivity contribution in [3.05, 3.63) is 31.2 Å². The minimum Gasteiger partial charge on any atom is -0.0882 e. The van der Waals surface area contributed by atoms with E-state index in [-0.39, 0.29) is 0 Å². The van der Waals surface area contributed by atoms with Crippen LogP contribution in [0.15, 0.2) is 24.3 Å². The van der Waals surface area contributed by atoms with Gasteiger partial charge in [-0.3, -0.25) is 0 Å². The molecular weight excluding hydrogens is 204 g/mol. The highest BCUT2D eigenvalue weighted by molar-refractivity contribution is 4.92. The Labute approximate surface area is 109 Å². The summed E-state index contributed by atoms with van der Waals surface area (Å²) < 4.78 is 0. The molecule has 0 unspecified atom stereocenters. The maximum Gasteiger partial charge on any atom is -0.0169 e. The Kier molecular flexibility index (Phi) is 15.0. The Balaban J connectivity index is 3.13. The van der Waals surface area contributed by atoms with Crippen molar-refractivity contribution in [1.29, 1.82) is 0 Å². The SMILES string of the molecule is [CH]CCCCCC/C=C\C/C=C\CCCCC. The van der Waals surface area contributed by atoms with Crippen LogP contribution in [0.25, 0.3) is 0 Å². The summed E-state index contributed by atoms with van der Waals surface area (Å²) in [6, 6.07) is 0. The van der Waals surface area contributed by atoms with Crippen LogP contribution in [-0.2, 0) is 0 Å². The van der Waals surface area contributed by atoms with Gasteiger partial charge in [0.05, 0.1) is 0 Å². The van der Waals surface area contributed by atoms with E-state index in [1.807, 2.05) is 0 Å². The first kappa shape index (κ1) is 16.5. The zero-order chi connectivity index (χ0) is 12.6. The molecule has 0 saturated heterocycles. The molecule has 0 atom stereocenters. The molecule has 0 aromatic rings. The summed E-state index contributed by atoms with van der Waals surface area (Å²) in [6.45, 7) is 7.70. The van der Waals surface area contributed by atoms with Gasteiger partial charge in [0, 0.05) is 0 Å². The molecule has 0 aliphatic heterocycles. The van der Waals surface area contributed by atoms with Crippen LogP contribution >= 0.6 is 0 Å². The van der Waals surface area contributed by atoms with Crippen molar-refractivity contribution < 1.29 is 0 Å². The topological polar surface area (TPSA) is 0 Å². The molecule has 0 bridgehead atoms. The van der Waals surface area contributed by atoms with E-state index in [1.54, 1.807) is 0 Å². The second-order valence-corrected chi connectivity index (χ2v) is 4.67. The zero-order valence-electron chi connectivity index (χ0n) is 11.7. The Morgan fingerprint density at radius 3 is 1.88 bits per heavy atom. The minimum absolute atomic E-state index is 0.846. The predicted octanol–water partition coefficient (Wildman–Crippen LogP) is 6.12. The van der Waals surface area contributed by atoms with Crippen LogP contribution in [0.5, 0.6) is 0 Å². The van der Waals surface area contributed by atoms with E-state index in [0.717, 1.165) is 12.8 Å². The second-order valence-electron chi connectivity index (χ2n) is 4.67. The highest BCUT2D eigenvalue weighted by atomic mass is 13.9. The third-order valence-corrected chi connectivity index (χ3v) is 2.90. The zero-order valence-corrected chi connectivity index (χ0v) is 11.7. The van der Waals surface area contributed by atoms with Crippen molar-refractivity contribution in [1.82, 2.24) is 0 Å². The van der Waals surface area contributed by atoms with Crippen LogP contribution in [0, 0.1) is 6.92 Å². The molecule has 0 aliphatic rings. The van der Waals surface area contributed by atoms with E-state index < -0.39 is 0 Å². The first-order valence-corrected chi connectivity index (χ1v) is 7.42. The summed E-state index contributed by atoms with van der Waals surface area (Å²) in [7, 11) is 0. The van der Waals surface area contributed by atoms with E-state index in [0.29, 0.717) is 0 Å². The highest BCUT2D eigenvalue weighted by Gasteiger charge is 1.86. The van der Waals surface area contributed by atoms with Crippen molar-refractivity contribution in [3.8, 4) is 0 Å². The first-order valence-electron chi connectivity index (χ1n) is 7.42. The number of rotatable bonds is 12. The van der Waals surface area contributed by atoms with Gasteiger partial charge in [-0.1, -0.05) is 63.3 Å². The average molecular weight is 234 g/mol. The molecular formula is C17H30. The van der Waals surface area contributed by atoms with Gasteiger partial charge in [-0.15, -0.1) is 0 Å². The Hall–Kier alpha value is -0.520. The molecule has 0 aromatic heterocycles. The lowest BCUT2D eigenvalue weighted by atomic mass is 10.1. The molecule has 0 N–H and O–H groups in total. The number of hydrogen-bond donors (Lipinski definition) is 0. The Morgan fingerprint density at radius 2 is 1.29 bits per heavy atom. The fourth-order valence-corrected chi connectivity index (χ4v) is 1.78. The van der Waals surface area contributed by atoms with Crippen molar-refractivity contribution in [3.63, 3.8) is 0 Å². The fourth-order valence-electron chi connectivity index (χ4n) is 1.78. The molecule has 0 aromatic carbocycles. The molecule has 0 nitrogen and oxygen atoms in total. The van der Waals surface area contributed by atoms with Crippen LogP contribution in [0.4, 0.5) is 0 Å². The second kappa shape index (κ2) is 15.5. The molecule has 0 aliphatic carbocycles. The van der Waals surface area contributed by atoms with E-state index in [1.165, 1.54) is 57.8 Å². The molecule has 2 radical (unpaired) electrons. The molecule has 0 heterocycles. The highest BCUT2D eigenvalue weighted by Crippen LogP contribution is 2.05. The minimum atomic E-state index is 0.846. The van der Waals surface area contributed by atoms with Crippen molar-refractivity contribution in [2.75, 3.05) is 0 Å². The number of hydrogen-bond acceptors (Lipinski definition) is 0. The number of unbranched alkanes of at least 4 members (excludes halogenated alkanes) is 8. The van der Waals surface area contributed by atoms with Crippen molar-refractivity contribution in [2.24, 2.45) is 0 Å². The largest absolute Gasteiger partial charge is 0.0882 e. The number of allylic oxidation sites excluding steroid dienone is 4. The van der Waals surface area contributed by atoms with E-state index >= 15 is 0 Å². The molecule has 98 valence electrons. The normalized spacial score (nSPS) is 11.9. The first-order chi connectivity index (χ1) is 8.41. The van der Waals surface area contributed by atoms with Crippen LogP contribution in [0.1, 0.15) is 77.6 Å². The van der Waals surface area contributed by atoms with Gasteiger partial charge < -0.3 is 0 Å². The molecule has 17 heavy (non-hydrogen) atoms. The van der Waals surface area contributed by atoms with Gasteiger partial charge in [0.2, 0.25) is 0 Å². The van der Waals surface area contributed by atoms with Crippen molar-refractivity contribution >= 4 is 0 Å². The lowest BCUT2D eigenvalue weighted by molar-refractivity contribution is 0.651. The van der Waals surface area contributed by atoms with Crippen LogP contribution < -0.4 is 0 Å². The third-order valence-electron chi connectivity index (χ3n) is 2.90. The standard InChI is InChI=1S/C17H30/c1-3-5-7-9-11-13-15-17-16-14-12-10-8-6-4-2/h1,12,14-15,17H,3-11,13,16H2,2H3/b14-12-,17-15-. The predicted molar refractivity (Wildman–Crippen MR) is 79.0 cm³/mol. The average Bonchev–Trinajstić information content (AvgIpc) is 2.35. The van der Waals surface area contributed by atoms with E-state index in [9.17, 15) is 0 Å². The van der Waals surface area contributed by atoms with Gasteiger partial charge in [-0.2, -0.15) is 0 Å². The summed E-state index contributed by atoms with van der Waals surface area (Å²) in [6.07, 6.45) is 22.8. The fraction of sp³-hybridized carbons (Fsp3) is 0.706. The maximum atomic E-state index is 5.45. The molecule has 0 heteroatoms. The lowest BCUT2D eigenvalue weighted by Gasteiger charge is -1.95. The van der Waals surface area contributed by atoms with Crippen LogP contribution in [0.2, 0.25) is 0 Å². The molecule has 0 rings (SSSR count). The molecule has 0 amide bonds. The summed E-state index contributed by atoms with van der Waals surface area (Å²) >= 11 is 0. The molecule has 0 fully saturated rings. The summed E-state index contributed by atoms with van der Waals surface area (Å²) in [5, 5.41) is 0. The van der Waals surface area contributed by atoms with Gasteiger partial charge in [0.15, 0.2) is 0 Å². The Bertz CT molecular complexity index is 176. The lowest BCUT2D eigenvalue weighted by Crippen LogP contribution is -1.75. The van der Waals surface area contributed by atoms with Crippen molar-refractivity contribution in [2.45, 2.75) is 77.6 Å². The molecule has 0 saturated carbocycles. The maximum absolute atomic E-state index is 5.45. The summed E-state index contributed by atoms with van der Waals surface area (Å²) in [5.41, 5.74) is 0.